The number of fused-ring (bicyclic) bond motifs is 1. The van der Waals surface area contributed by atoms with E-state index in [-0.39, 0.29) is 12.5 Å². The first kappa shape index (κ1) is 13.2. The normalized spacial score (nSPS) is 18.1. The lowest BCUT2D eigenvalue weighted by molar-refractivity contribution is 0.0758. The van der Waals surface area contributed by atoms with E-state index < -0.39 is 5.54 Å². The van der Waals surface area contributed by atoms with Crippen molar-refractivity contribution in [1.82, 2.24) is 10.3 Å². The van der Waals surface area contributed by atoms with E-state index in [0.717, 1.165) is 36.6 Å². The molecule has 3 N–H and O–H groups in total. The summed E-state index contributed by atoms with van der Waals surface area (Å²) in [6.45, 7) is 0.0173. The zero-order chi connectivity index (χ0) is 14.0. The highest BCUT2D eigenvalue weighted by Gasteiger charge is 2.33. The van der Waals surface area contributed by atoms with Gasteiger partial charge in [0.25, 0.3) is 5.91 Å². The molecule has 1 amide bonds. The van der Waals surface area contributed by atoms with Crippen LogP contribution < -0.4 is 5.32 Å². The minimum Gasteiger partial charge on any atom is -0.394 e. The molecule has 1 saturated carbocycles. The Bertz CT molecular complexity index is 612. The third-order valence-electron chi connectivity index (χ3n) is 4.31. The molecule has 1 aromatic heterocycles. The standard InChI is InChI=1S/C16H20N2O2/c19-11-16(7-2-1-3-8-16)18-15(20)13-5-4-12-6-9-17-14(12)10-13/h4-6,9-10,17,19H,1-3,7-8,11H2,(H,18,20). The van der Waals surface area contributed by atoms with Crippen molar-refractivity contribution in [3.63, 3.8) is 0 Å². The summed E-state index contributed by atoms with van der Waals surface area (Å²) in [5, 5.41) is 13.8. The van der Waals surface area contributed by atoms with Crippen molar-refractivity contribution < 1.29 is 9.90 Å². The van der Waals surface area contributed by atoms with Crippen molar-refractivity contribution >= 4 is 16.8 Å². The molecule has 4 nitrogen and oxygen atoms in total. The summed E-state index contributed by atoms with van der Waals surface area (Å²) in [6.07, 6.45) is 6.90. The van der Waals surface area contributed by atoms with Gasteiger partial charge < -0.3 is 15.4 Å². The molecule has 2 aromatic rings. The molecule has 1 aliphatic carbocycles. The molecule has 0 spiro atoms. The van der Waals surface area contributed by atoms with Gasteiger partial charge in [-0.1, -0.05) is 25.3 Å². The van der Waals surface area contributed by atoms with E-state index in [0.29, 0.717) is 5.56 Å². The average molecular weight is 272 g/mol. The van der Waals surface area contributed by atoms with Crippen molar-refractivity contribution in [3.05, 3.63) is 36.0 Å². The van der Waals surface area contributed by atoms with Crippen LogP contribution in [0.3, 0.4) is 0 Å². The summed E-state index contributed by atoms with van der Waals surface area (Å²) in [5.74, 6) is -0.0996. The molecule has 0 atom stereocenters. The van der Waals surface area contributed by atoms with Gasteiger partial charge in [0, 0.05) is 17.3 Å². The molecule has 1 aliphatic rings. The molecule has 106 valence electrons. The minimum atomic E-state index is -0.431. The number of rotatable bonds is 3. The van der Waals surface area contributed by atoms with Gasteiger partial charge in [-0.05, 0) is 36.4 Å². The predicted molar refractivity (Wildman–Crippen MR) is 78.7 cm³/mol. The van der Waals surface area contributed by atoms with Gasteiger partial charge >= 0.3 is 0 Å². The maximum atomic E-state index is 12.4. The number of hydrogen-bond acceptors (Lipinski definition) is 2. The molecule has 0 aliphatic heterocycles. The largest absolute Gasteiger partial charge is 0.394 e. The number of hydrogen-bond donors (Lipinski definition) is 3. The molecular formula is C16H20N2O2. The van der Waals surface area contributed by atoms with Gasteiger partial charge in [-0.25, -0.2) is 0 Å². The molecule has 4 heteroatoms. The molecule has 20 heavy (non-hydrogen) atoms. The second-order valence-electron chi connectivity index (χ2n) is 5.73. The molecule has 0 saturated heterocycles. The SMILES string of the molecule is O=C(NC1(CO)CCCCC1)c1ccc2cc[nH]c2c1. The molecule has 1 heterocycles. The molecule has 3 rings (SSSR count). The Balaban J connectivity index is 1.80. The van der Waals surface area contributed by atoms with Gasteiger partial charge in [-0.3, -0.25) is 4.79 Å². The number of nitrogens with one attached hydrogen (secondary N) is 2. The Kier molecular flexibility index (Phi) is 3.49. The second-order valence-corrected chi connectivity index (χ2v) is 5.73. The first-order chi connectivity index (χ1) is 9.72. The van der Waals surface area contributed by atoms with Crippen molar-refractivity contribution in [1.29, 1.82) is 0 Å². The lowest BCUT2D eigenvalue weighted by Gasteiger charge is -2.36. The molecular weight excluding hydrogens is 252 g/mol. The topological polar surface area (TPSA) is 65.1 Å². The Hall–Kier alpha value is -1.81. The fourth-order valence-electron chi connectivity index (χ4n) is 3.05. The van der Waals surface area contributed by atoms with Crippen LogP contribution in [0, 0.1) is 0 Å². The molecule has 1 aromatic carbocycles. The second kappa shape index (κ2) is 5.29. The van der Waals surface area contributed by atoms with E-state index in [1.807, 2.05) is 30.5 Å². The van der Waals surface area contributed by atoms with Crippen LogP contribution in [0.15, 0.2) is 30.5 Å². The lowest BCUT2D eigenvalue weighted by Crippen LogP contribution is -2.52. The van der Waals surface area contributed by atoms with Gasteiger partial charge in [-0.2, -0.15) is 0 Å². The third-order valence-corrected chi connectivity index (χ3v) is 4.31. The summed E-state index contributed by atoms with van der Waals surface area (Å²) >= 11 is 0. The quantitative estimate of drug-likeness (QED) is 0.804. The van der Waals surface area contributed by atoms with Gasteiger partial charge in [0.05, 0.1) is 12.1 Å². The smallest absolute Gasteiger partial charge is 0.251 e. The predicted octanol–water partition coefficient (Wildman–Crippen LogP) is 2.59. The number of H-pyrrole nitrogens is 1. The number of aliphatic hydroxyl groups is 1. The number of carbonyl (C=O) groups excluding carboxylic acids is 1. The summed E-state index contributed by atoms with van der Waals surface area (Å²) in [7, 11) is 0. The Morgan fingerprint density at radius 3 is 2.80 bits per heavy atom. The Morgan fingerprint density at radius 1 is 1.25 bits per heavy atom. The maximum Gasteiger partial charge on any atom is 0.251 e. The van der Waals surface area contributed by atoms with Crippen LogP contribution in [0.25, 0.3) is 10.9 Å². The fraction of sp³-hybridized carbons (Fsp3) is 0.438. The van der Waals surface area contributed by atoms with Crippen LogP contribution in [-0.2, 0) is 0 Å². The number of amides is 1. The zero-order valence-corrected chi connectivity index (χ0v) is 11.5. The molecule has 0 bridgehead atoms. The Morgan fingerprint density at radius 2 is 2.05 bits per heavy atom. The van der Waals surface area contributed by atoms with E-state index >= 15 is 0 Å². The Labute approximate surface area is 118 Å². The monoisotopic (exact) mass is 272 g/mol. The van der Waals surface area contributed by atoms with Crippen molar-refractivity contribution in [2.45, 2.75) is 37.6 Å². The molecule has 1 fully saturated rings. The van der Waals surface area contributed by atoms with Crippen LogP contribution in [0.1, 0.15) is 42.5 Å². The highest BCUT2D eigenvalue weighted by Crippen LogP contribution is 2.28. The van der Waals surface area contributed by atoms with Crippen LogP contribution in [0.2, 0.25) is 0 Å². The van der Waals surface area contributed by atoms with Gasteiger partial charge in [0.2, 0.25) is 0 Å². The summed E-state index contributed by atoms with van der Waals surface area (Å²) < 4.78 is 0. The number of aromatic nitrogens is 1. The minimum absolute atomic E-state index is 0.0173. The third kappa shape index (κ3) is 2.43. The van der Waals surface area contributed by atoms with Gasteiger partial charge in [-0.15, -0.1) is 0 Å². The maximum absolute atomic E-state index is 12.4. The fourth-order valence-corrected chi connectivity index (χ4v) is 3.05. The van der Waals surface area contributed by atoms with Crippen molar-refractivity contribution in [2.24, 2.45) is 0 Å². The van der Waals surface area contributed by atoms with Crippen LogP contribution >= 0.6 is 0 Å². The van der Waals surface area contributed by atoms with Crippen molar-refractivity contribution in [2.75, 3.05) is 6.61 Å². The number of aliphatic hydroxyl groups excluding tert-OH is 1. The van der Waals surface area contributed by atoms with Crippen LogP contribution in [0.4, 0.5) is 0 Å². The molecule has 0 radical (unpaired) electrons. The van der Waals surface area contributed by atoms with E-state index in [9.17, 15) is 9.90 Å². The van der Waals surface area contributed by atoms with E-state index in [1.165, 1.54) is 6.42 Å². The van der Waals surface area contributed by atoms with Crippen LogP contribution in [0.5, 0.6) is 0 Å². The number of benzene rings is 1. The van der Waals surface area contributed by atoms with E-state index in [1.54, 1.807) is 0 Å². The summed E-state index contributed by atoms with van der Waals surface area (Å²) in [5.41, 5.74) is 1.16. The van der Waals surface area contributed by atoms with E-state index in [2.05, 4.69) is 10.3 Å². The highest BCUT2D eigenvalue weighted by molar-refractivity contribution is 5.98. The number of carbonyl (C=O) groups is 1. The van der Waals surface area contributed by atoms with E-state index in [4.69, 9.17) is 0 Å². The van der Waals surface area contributed by atoms with Crippen LogP contribution in [-0.4, -0.2) is 28.1 Å². The first-order valence-corrected chi connectivity index (χ1v) is 7.23. The van der Waals surface area contributed by atoms with Crippen molar-refractivity contribution in [3.8, 4) is 0 Å². The average Bonchev–Trinajstić information content (AvgIpc) is 2.95. The molecule has 0 unspecified atom stereocenters. The number of aromatic amines is 1. The lowest BCUT2D eigenvalue weighted by atomic mass is 9.82. The highest BCUT2D eigenvalue weighted by atomic mass is 16.3. The van der Waals surface area contributed by atoms with Gasteiger partial charge in [0.1, 0.15) is 0 Å². The van der Waals surface area contributed by atoms with Gasteiger partial charge in [0.15, 0.2) is 0 Å². The first-order valence-electron chi connectivity index (χ1n) is 7.23. The zero-order valence-electron chi connectivity index (χ0n) is 11.5. The summed E-state index contributed by atoms with van der Waals surface area (Å²) in [4.78, 5) is 15.5. The summed E-state index contributed by atoms with van der Waals surface area (Å²) in [6, 6.07) is 7.61.